The molecular formula is C19H19BrIN3O5S. The van der Waals surface area contributed by atoms with E-state index in [1.165, 1.54) is 0 Å². The van der Waals surface area contributed by atoms with Gasteiger partial charge in [-0.3, -0.25) is 25.8 Å². The fourth-order valence-corrected chi connectivity index (χ4v) is 3.48. The SMILES string of the molecule is COCCOc1ccc(Br)cc1C(=O)NC(=S)NNC(=O)c1ccc(OC)c(I)c1. The molecule has 2 amide bonds. The molecule has 0 heterocycles. The average Bonchev–Trinajstić information content (AvgIpc) is 2.73. The first kappa shape index (κ1) is 24.3. The smallest absolute Gasteiger partial charge is 0.269 e. The Morgan fingerprint density at radius 3 is 2.43 bits per heavy atom. The van der Waals surface area contributed by atoms with E-state index in [1.54, 1.807) is 50.6 Å². The maximum absolute atomic E-state index is 12.6. The number of thiocarbonyl (C=S) groups is 1. The van der Waals surface area contributed by atoms with E-state index in [9.17, 15) is 9.59 Å². The van der Waals surface area contributed by atoms with Crippen molar-refractivity contribution in [2.45, 2.75) is 0 Å². The van der Waals surface area contributed by atoms with Crippen LogP contribution in [-0.2, 0) is 4.74 Å². The molecule has 8 nitrogen and oxygen atoms in total. The molecule has 2 aromatic carbocycles. The van der Waals surface area contributed by atoms with E-state index in [4.69, 9.17) is 26.4 Å². The number of nitrogens with one attached hydrogen (secondary N) is 3. The number of carbonyl (C=O) groups is 2. The summed E-state index contributed by atoms with van der Waals surface area (Å²) < 4.78 is 17.2. The molecule has 0 radical (unpaired) electrons. The molecule has 0 fully saturated rings. The van der Waals surface area contributed by atoms with Gasteiger partial charge in [0.05, 0.1) is 22.9 Å². The Bertz CT molecular complexity index is 944. The standard InChI is InChI=1S/C19H19BrIN3O5S/c1-27-7-8-29-15-6-4-12(20)10-13(15)18(26)22-19(30)24-23-17(25)11-3-5-16(28-2)14(21)9-11/h3-6,9-10H,7-8H2,1-2H3,(H,23,25)(H2,22,24,26,30). The summed E-state index contributed by atoms with van der Waals surface area (Å²) in [6.45, 7) is 0.672. The minimum atomic E-state index is -0.491. The van der Waals surface area contributed by atoms with E-state index in [0.717, 1.165) is 3.57 Å². The lowest BCUT2D eigenvalue weighted by Gasteiger charge is -2.14. The number of hydrogen-bond donors (Lipinski definition) is 3. The van der Waals surface area contributed by atoms with E-state index in [0.29, 0.717) is 28.1 Å². The number of ether oxygens (including phenoxy) is 3. The van der Waals surface area contributed by atoms with Gasteiger partial charge >= 0.3 is 0 Å². The Kier molecular flexibility index (Phi) is 9.75. The van der Waals surface area contributed by atoms with Crippen molar-refractivity contribution in [2.75, 3.05) is 27.4 Å². The summed E-state index contributed by atoms with van der Waals surface area (Å²) in [4.78, 5) is 24.9. The van der Waals surface area contributed by atoms with Crippen LogP contribution >= 0.6 is 50.7 Å². The molecule has 160 valence electrons. The average molecular weight is 608 g/mol. The third kappa shape index (κ3) is 7.07. The van der Waals surface area contributed by atoms with Crippen molar-refractivity contribution >= 4 is 67.7 Å². The molecule has 0 saturated heterocycles. The van der Waals surface area contributed by atoms with Gasteiger partial charge in [-0.2, -0.15) is 0 Å². The van der Waals surface area contributed by atoms with Gasteiger partial charge in [-0.15, -0.1) is 0 Å². The van der Waals surface area contributed by atoms with Gasteiger partial charge in [0.2, 0.25) is 0 Å². The van der Waals surface area contributed by atoms with E-state index in [2.05, 4.69) is 54.7 Å². The van der Waals surface area contributed by atoms with Crippen LogP contribution in [0.15, 0.2) is 40.9 Å². The van der Waals surface area contributed by atoms with Crippen LogP contribution in [-0.4, -0.2) is 44.4 Å². The van der Waals surface area contributed by atoms with Crippen molar-refractivity contribution in [3.05, 3.63) is 55.6 Å². The normalized spacial score (nSPS) is 10.1. The van der Waals surface area contributed by atoms with Crippen molar-refractivity contribution in [1.82, 2.24) is 16.2 Å². The molecule has 11 heteroatoms. The van der Waals surface area contributed by atoms with Gasteiger partial charge < -0.3 is 14.2 Å². The Morgan fingerprint density at radius 1 is 1.03 bits per heavy atom. The predicted octanol–water partition coefficient (Wildman–Crippen LogP) is 3.04. The molecular weight excluding hydrogens is 589 g/mol. The minimum Gasteiger partial charge on any atom is -0.496 e. The van der Waals surface area contributed by atoms with Crippen molar-refractivity contribution < 1.29 is 23.8 Å². The van der Waals surface area contributed by atoms with Gasteiger partial charge in [0.1, 0.15) is 18.1 Å². The highest BCUT2D eigenvalue weighted by atomic mass is 127. The maximum atomic E-state index is 12.6. The second-order valence-electron chi connectivity index (χ2n) is 5.69. The molecule has 0 spiro atoms. The van der Waals surface area contributed by atoms with E-state index < -0.39 is 11.8 Å². The zero-order valence-corrected chi connectivity index (χ0v) is 20.6. The number of hydrogen-bond acceptors (Lipinski definition) is 6. The van der Waals surface area contributed by atoms with Gasteiger partial charge in [-0.05, 0) is 71.2 Å². The summed E-state index contributed by atoms with van der Waals surface area (Å²) in [6, 6.07) is 10.0. The molecule has 2 rings (SSSR count). The van der Waals surface area contributed by atoms with Crippen LogP contribution in [0.2, 0.25) is 0 Å². The van der Waals surface area contributed by atoms with Gasteiger partial charge in [0, 0.05) is 17.1 Å². The monoisotopic (exact) mass is 607 g/mol. The highest BCUT2D eigenvalue weighted by molar-refractivity contribution is 14.1. The molecule has 0 aliphatic carbocycles. The van der Waals surface area contributed by atoms with E-state index in [-0.39, 0.29) is 17.3 Å². The van der Waals surface area contributed by atoms with Crippen molar-refractivity contribution in [3.8, 4) is 11.5 Å². The van der Waals surface area contributed by atoms with Crippen LogP contribution in [0.1, 0.15) is 20.7 Å². The van der Waals surface area contributed by atoms with E-state index in [1.807, 2.05) is 0 Å². The molecule has 2 aromatic rings. The predicted molar refractivity (Wildman–Crippen MR) is 128 cm³/mol. The number of halogens is 2. The highest BCUT2D eigenvalue weighted by Crippen LogP contribution is 2.23. The number of carbonyl (C=O) groups excluding carboxylic acids is 2. The summed E-state index contributed by atoms with van der Waals surface area (Å²) in [6.07, 6.45) is 0. The third-order valence-electron chi connectivity index (χ3n) is 3.66. The second kappa shape index (κ2) is 12.0. The van der Waals surface area contributed by atoms with Gasteiger partial charge in [-0.25, -0.2) is 0 Å². The topological polar surface area (TPSA) is 97.9 Å². The summed E-state index contributed by atoms with van der Waals surface area (Å²) in [7, 11) is 3.11. The zero-order chi connectivity index (χ0) is 22.1. The Balaban J connectivity index is 1.96. The summed E-state index contributed by atoms with van der Waals surface area (Å²) >= 11 is 10.5. The fraction of sp³-hybridized carbons (Fsp3) is 0.211. The molecule has 3 N–H and O–H groups in total. The molecule has 0 bridgehead atoms. The number of methoxy groups -OCH3 is 2. The van der Waals surface area contributed by atoms with Crippen molar-refractivity contribution in [1.29, 1.82) is 0 Å². The Morgan fingerprint density at radius 2 is 1.77 bits per heavy atom. The first-order valence-electron chi connectivity index (χ1n) is 8.52. The van der Waals surface area contributed by atoms with Crippen LogP contribution in [0, 0.1) is 3.57 Å². The molecule has 0 aromatic heterocycles. The summed E-state index contributed by atoms with van der Waals surface area (Å²) in [5, 5.41) is 2.43. The molecule has 0 aliphatic rings. The fourth-order valence-electron chi connectivity index (χ4n) is 2.24. The van der Waals surface area contributed by atoms with Gasteiger partial charge in [-0.1, -0.05) is 15.9 Å². The second-order valence-corrected chi connectivity index (χ2v) is 8.18. The highest BCUT2D eigenvalue weighted by Gasteiger charge is 2.16. The number of rotatable bonds is 7. The van der Waals surface area contributed by atoms with Crippen LogP contribution in [0.5, 0.6) is 11.5 Å². The van der Waals surface area contributed by atoms with Crippen molar-refractivity contribution in [2.24, 2.45) is 0 Å². The first-order valence-corrected chi connectivity index (χ1v) is 10.8. The first-order chi connectivity index (χ1) is 14.3. The lowest BCUT2D eigenvalue weighted by Crippen LogP contribution is -2.48. The summed E-state index contributed by atoms with van der Waals surface area (Å²) in [5.74, 6) is 0.139. The quantitative estimate of drug-likeness (QED) is 0.193. The van der Waals surface area contributed by atoms with Gasteiger partial charge in [0.15, 0.2) is 5.11 Å². The van der Waals surface area contributed by atoms with E-state index >= 15 is 0 Å². The van der Waals surface area contributed by atoms with Crippen molar-refractivity contribution in [3.63, 3.8) is 0 Å². The van der Waals surface area contributed by atoms with Gasteiger partial charge in [0.25, 0.3) is 11.8 Å². The van der Waals surface area contributed by atoms with Crippen LogP contribution in [0.3, 0.4) is 0 Å². The van der Waals surface area contributed by atoms with Crippen LogP contribution in [0.4, 0.5) is 0 Å². The maximum Gasteiger partial charge on any atom is 0.269 e. The molecule has 0 saturated carbocycles. The Hall–Kier alpha value is -1.96. The molecule has 0 aliphatic heterocycles. The number of benzene rings is 2. The largest absolute Gasteiger partial charge is 0.496 e. The minimum absolute atomic E-state index is 0.0700. The molecule has 0 unspecified atom stereocenters. The molecule has 30 heavy (non-hydrogen) atoms. The Labute approximate surface area is 201 Å². The summed E-state index contributed by atoms with van der Waals surface area (Å²) in [5.41, 5.74) is 5.64. The number of hydrazine groups is 1. The number of amides is 2. The zero-order valence-electron chi connectivity index (χ0n) is 16.1. The third-order valence-corrected chi connectivity index (χ3v) is 5.20. The van der Waals surface area contributed by atoms with Crippen LogP contribution in [0.25, 0.3) is 0 Å². The van der Waals surface area contributed by atoms with Crippen LogP contribution < -0.4 is 25.6 Å². The molecule has 0 atom stereocenters. The lowest BCUT2D eigenvalue weighted by atomic mass is 10.2. The lowest BCUT2D eigenvalue weighted by molar-refractivity contribution is 0.0933.